The second kappa shape index (κ2) is 8.08. The number of esters is 1. The summed E-state index contributed by atoms with van der Waals surface area (Å²) in [4.78, 5) is 35.1. The number of nitro groups is 1. The zero-order chi connectivity index (χ0) is 20.3. The van der Waals surface area contributed by atoms with Crippen molar-refractivity contribution in [3.05, 3.63) is 63.2 Å². The fourth-order valence-electron chi connectivity index (χ4n) is 3.12. The van der Waals surface area contributed by atoms with Crippen molar-refractivity contribution in [2.24, 2.45) is 0 Å². The van der Waals surface area contributed by atoms with E-state index in [1.165, 1.54) is 37.8 Å². The Balaban J connectivity index is 1.68. The van der Waals surface area contributed by atoms with Gasteiger partial charge in [-0.3, -0.25) is 14.9 Å². The Morgan fingerprint density at radius 1 is 1.14 bits per heavy atom. The predicted molar refractivity (Wildman–Crippen MR) is 102 cm³/mol. The Bertz CT molecular complexity index is 940. The number of carbonyl (C=O) groups excluding carboxylic acids is 2. The molecule has 0 saturated heterocycles. The van der Waals surface area contributed by atoms with Crippen LogP contribution in [0.4, 0.5) is 11.4 Å². The number of hydrogen-bond acceptors (Lipinski definition) is 6. The molecule has 28 heavy (non-hydrogen) atoms. The van der Waals surface area contributed by atoms with Crippen LogP contribution in [0.3, 0.4) is 0 Å². The first-order valence-electron chi connectivity index (χ1n) is 8.85. The average Bonchev–Trinajstić information content (AvgIpc) is 3.15. The minimum Gasteiger partial charge on any atom is -0.495 e. The summed E-state index contributed by atoms with van der Waals surface area (Å²) in [5.74, 6) is -0.951. The van der Waals surface area contributed by atoms with Crippen molar-refractivity contribution < 1.29 is 24.0 Å². The maximum Gasteiger partial charge on any atom is 0.338 e. The van der Waals surface area contributed by atoms with Gasteiger partial charge in [-0.15, -0.1) is 0 Å². The summed E-state index contributed by atoms with van der Waals surface area (Å²) < 4.78 is 10.4. The molecule has 0 unspecified atom stereocenters. The van der Waals surface area contributed by atoms with Crippen LogP contribution in [-0.2, 0) is 22.4 Å². The predicted octanol–water partition coefficient (Wildman–Crippen LogP) is 3.28. The molecule has 2 aromatic carbocycles. The molecule has 8 nitrogen and oxygen atoms in total. The van der Waals surface area contributed by atoms with E-state index in [-0.39, 0.29) is 17.1 Å². The molecule has 1 aliphatic carbocycles. The summed E-state index contributed by atoms with van der Waals surface area (Å²) in [7, 11) is 1.38. The molecule has 146 valence electrons. The molecule has 0 radical (unpaired) electrons. The van der Waals surface area contributed by atoms with Gasteiger partial charge >= 0.3 is 5.97 Å². The SMILES string of the molecule is COc1ccc([N+](=O)[O-])cc1NC(=O)[C@H](C)OC(=O)c1ccc2c(c1)CCC2. The Morgan fingerprint density at radius 3 is 2.61 bits per heavy atom. The zero-order valence-corrected chi connectivity index (χ0v) is 15.6. The van der Waals surface area contributed by atoms with Crippen LogP contribution in [0.15, 0.2) is 36.4 Å². The number of hydrogen-bond donors (Lipinski definition) is 1. The van der Waals surface area contributed by atoms with E-state index >= 15 is 0 Å². The average molecular weight is 384 g/mol. The number of ether oxygens (including phenoxy) is 2. The lowest BCUT2D eigenvalue weighted by Gasteiger charge is -2.15. The number of methoxy groups -OCH3 is 1. The third kappa shape index (κ3) is 4.11. The molecule has 0 heterocycles. The Morgan fingerprint density at radius 2 is 1.89 bits per heavy atom. The Kier molecular flexibility index (Phi) is 5.58. The summed E-state index contributed by atoms with van der Waals surface area (Å²) in [6, 6.07) is 9.25. The summed E-state index contributed by atoms with van der Waals surface area (Å²) in [5, 5.41) is 13.4. The van der Waals surface area contributed by atoms with Crippen LogP contribution in [0.25, 0.3) is 0 Å². The third-order valence-electron chi connectivity index (χ3n) is 4.64. The zero-order valence-electron chi connectivity index (χ0n) is 15.6. The number of anilines is 1. The van der Waals surface area contributed by atoms with Crippen LogP contribution < -0.4 is 10.1 Å². The molecule has 0 fully saturated rings. The lowest BCUT2D eigenvalue weighted by molar-refractivity contribution is -0.384. The minimum absolute atomic E-state index is 0.127. The highest BCUT2D eigenvalue weighted by Gasteiger charge is 2.22. The number of aryl methyl sites for hydroxylation is 2. The summed E-state index contributed by atoms with van der Waals surface area (Å²) >= 11 is 0. The van der Waals surface area contributed by atoms with E-state index in [9.17, 15) is 19.7 Å². The van der Waals surface area contributed by atoms with Crippen molar-refractivity contribution in [3.8, 4) is 5.75 Å². The van der Waals surface area contributed by atoms with Crippen LogP contribution in [0.5, 0.6) is 5.75 Å². The van der Waals surface area contributed by atoms with Gasteiger partial charge in [-0.05, 0) is 55.5 Å². The van der Waals surface area contributed by atoms with Gasteiger partial charge in [-0.2, -0.15) is 0 Å². The van der Waals surface area contributed by atoms with E-state index in [0.717, 1.165) is 24.8 Å². The number of non-ortho nitro benzene ring substituents is 1. The highest BCUT2D eigenvalue weighted by molar-refractivity contribution is 5.98. The van der Waals surface area contributed by atoms with Crippen molar-refractivity contribution in [2.45, 2.75) is 32.3 Å². The number of nitro benzene ring substituents is 1. The number of nitrogens with zero attached hydrogens (tertiary/aromatic N) is 1. The van der Waals surface area contributed by atoms with Crippen molar-refractivity contribution in [1.82, 2.24) is 0 Å². The number of nitrogens with one attached hydrogen (secondary N) is 1. The summed E-state index contributed by atoms with van der Waals surface area (Å²) in [5.41, 5.74) is 2.70. The topological polar surface area (TPSA) is 108 Å². The smallest absolute Gasteiger partial charge is 0.338 e. The first kappa shape index (κ1) is 19.3. The van der Waals surface area contributed by atoms with Crippen LogP contribution in [0.2, 0.25) is 0 Å². The van der Waals surface area contributed by atoms with E-state index in [1.807, 2.05) is 6.07 Å². The third-order valence-corrected chi connectivity index (χ3v) is 4.64. The molecule has 0 saturated carbocycles. The number of fused-ring (bicyclic) bond motifs is 1. The first-order valence-corrected chi connectivity index (χ1v) is 8.85. The standard InChI is InChI=1S/C20H20N2O6/c1-12(28-20(24)15-7-6-13-4-3-5-14(13)10-15)19(23)21-17-11-16(22(25)26)8-9-18(17)27-2/h6-12H,3-5H2,1-2H3,(H,21,23)/t12-/m0/s1. The fourth-order valence-corrected chi connectivity index (χ4v) is 3.12. The molecule has 1 N–H and O–H groups in total. The van der Waals surface area contributed by atoms with Crippen LogP contribution in [0.1, 0.15) is 34.8 Å². The van der Waals surface area contributed by atoms with Crippen molar-refractivity contribution in [3.63, 3.8) is 0 Å². The number of rotatable bonds is 6. The first-order chi connectivity index (χ1) is 13.4. The van der Waals surface area contributed by atoms with Gasteiger partial charge in [0.2, 0.25) is 0 Å². The molecule has 1 atom stereocenters. The molecule has 0 spiro atoms. The van der Waals surface area contributed by atoms with E-state index in [4.69, 9.17) is 9.47 Å². The van der Waals surface area contributed by atoms with Crippen molar-refractivity contribution in [2.75, 3.05) is 12.4 Å². The maximum atomic E-state index is 12.4. The minimum atomic E-state index is -1.09. The molecule has 1 amide bonds. The van der Waals surface area contributed by atoms with E-state index < -0.39 is 22.9 Å². The van der Waals surface area contributed by atoms with Gasteiger partial charge in [-0.25, -0.2) is 4.79 Å². The highest BCUT2D eigenvalue weighted by Crippen LogP contribution is 2.29. The highest BCUT2D eigenvalue weighted by atomic mass is 16.6. The van der Waals surface area contributed by atoms with Gasteiger partial charge in [0.25, 0.3) is 11.6 Å². The summed E-state index contributed by atoms with van der Waals surface area (Å²) in [6.45, 7) is 1.43. The maximum absolute atomic E-state index is 12.4. The second-order valence-corrected chi connectivity index (χ2v) is 6.52. The molecule has 0 bridgehead atoms. The number of amides is 1. The van der Waals surface area contributed by atoms with Crippen molar-refractivity contribution in [1.29, 1.82) is 0 Å². The fraction of sp³-hybridized carbons (Fsp3) is 0.300. The second-order valence-electron chi connectivity index (χ2n) is 6.52. The molecule has 3 rings (SSSR count). The summed E-state index contributed by atoms with van der Waals surface area (Å²) in [6.07, 6.45) is 1.91. The van der Waals surface area contributed by atoms with Gasteiger partial charge < -0.3 is 14.8 Å². The van der Waals surface area contributed by atoms with Gasteiger partial charge in [0, 0.05) is 12.1 Å². The van der Waals surface area contributed by atoms with E-state index in [2.05, 4.69) is 5.32 Å². The van der Waals surface area contributed by atoms with Crippen molar-refractivity contribution >= 4 is 23.3 Å². The Labute approximate surface area is 161 Å². The van der Waals surface area contributed by atoms with Gasteiger partial charge in [0.1, 0.15) is 5.75 Å². The molecule has 0 aromatic heterocycles. The van der Waals surface area contributed by atoms with Gasteiger partial charge in [-0.1, -0.05) is 6.07 Å². The molecule has 0 aliphatic heterocycles. The molecular weight excluding hydrogens is 364 g/mol. The largest absolute Gasteiger partial charge is 0.495 e. The molecule has 2 aromatic rings. The number of benzene rings is 2. The molecule has 1 aliphatic rings. The quantitative estimate of drug-likeness (QED) is 0.465. The number of carbonyl (C=O) groups is 2. The van der Waals surface area contributed by atoms with Crippen LogP contribution in [0, 0.1) is 10.1 Å². The molecular formula is C20H20N2O6. The van der Waals surface area contributed by atoms with E-state index in [1.54, 1.807) is 12.1 Å². The normalized spacial score (nSPS) is 13.4. The lowest BCUT2D eigenvalue weighted by atomic mass is 10.1. The van der Waals surface area contributed by atoms with Crippen LogP contribution >= 0.6 is 0 Å². The van der Waals surface area contributed by atoms with Gasteiger partial charge in [0.05, 0.1) is 23.3 Å². The molecule has 8 heteroatoms. The van der Waals surface area contributed by atoms with Crippen LogP contribution in [-0.4, -0.2) is 30.0 Å². The lowest BCUT2D eigenvalue weighted by Crippen LogP contribution is -2.30. The van der Waals surface area contributed by atoms with Gasteiger partial charge in [0.15, 0.2) is 6.10 Å². The Hall–Kier alpha value is -3.42. The monoisotopic (exact) mass is 384 g/mol. The van der Waals surface area contributed by atoms with E-state index in [0.29, 0.717) is 5.56 Å².